The molecular formula is C21H42N2O6. The lowest BCUT2D eigenvalue weighted by molar-refractivity contribution is -0.122. The second-order valence-electron chi connectivity index (χ2n) is 7.19. The fourth-order valence-electron chi connectivity index (χ4n) is 2.19. The molecule has 0 aliphatic rings. The molecule has 0 radical (unpaired) electrons. The van der Waals surface area contributed by atoms with E-state index in [-0.39, 0.29) is 11.8 Å². The molecule has 0 aromatic rings. The number of nitrogens with one attached hydrogen (secondary N) is 2. The number of carbonyl (C=O) groups excluding carboxylic acids is 2. The van der Waals surface area contributed by atoms with Crippen LogP contribution in [-0.4, -0.2) is 77.8 Å². The van der Waals surface area contributed by atoms with Crippen LogP contribution in [0.15, 0.2) is 0 Å². The van der Waals surface area contributed by atoms with E-state index in [0.29, 0.717) is 78.2 Å². The standard InChI is InChI=1S/C21H42N2O6/c1-4-5-9-22-21(25)8-11-26-13-15-28-17-18-29-16-14-27-12-10-23-20(24)7-6-19(2)3/h19H,4-18H2,1-3H3,(H,22,25)(H,23,24). The lowest BCUT2D eigenvalue weighted by Crippen LogP contribution is -2.27. The Labute approximate surface area is 176 Å². The third-order valence-corrected chi connectivity index (χ3v) is 3.96. The number of ether oxygens (including phenoxy) is 4. The van der Waals surface area contributed by atoms with Crippen molar-refractivity contribution < 1.29 is 28.5 Å². The van der Waals surface area contributed by atoms with Crippen molar-refractivity contribution in [3.05, 3.63) is 0 Å². The SMILES string of the molecule is CCCCNC(=O)CCOCCOCCOCCOCCNC(=O)CCC(C)C. The lowest BCUT2D eigenvalue weighted by Gasteiger charge is -2.09. The third kappa shape index (κ3) is 22.9. The third-order valence-electron chi connectivity index (χ3n) is 3.96. The molecule has 0 aliphatic heterocycles. The van der Waals surface area contributed by atoms with Crippen LogP contribution in [-0.2, 0) is 28.5 Å². The predicted octanol–water partition coefficient (Wildman–Crippen LogP) is 1.91. The molecule has 8 heteroatoms. The van der Waals surface area contributed by atoms with Crippen molar-refractivity contribution in [1.29, 1.82) is 0 Å². The smallest absolute Gasteiger partial charge is 0.222 e. The van der Waals surface area contributed by atoms with Crippen molar-refractivity contribution in [2.75, 3.05) is 65.9 Å². The highest BCUT2D eigenvalue weighted by molar-refractivity contribution is 5.76. The first kappa shape index (κ1) is 27.8. The summed E-state index contributed by atoms with van der Waals surface area (Å²) in [6.07, 6.45) is 3.94. The van der Waals surface area contributed by atoms with Gasteiger partial charge in [-0.3, -0.25) is 9.59 Å². The Balaban J connectivity index is 3.17. The lowest BCUT2D eigenvalue weighted by atomic mass is 10.1. The van der Waals surface area contributed by atoms with Gasteiger partial charge in [-0.05, 0) is 18.8 Å². The molecule has 0 atom stereocenters. The van der Waals surface area contributed by atoms with E-state index < -0.39 is 0 Å². The van der Waals surface area contributed by atoms with Crippen molar-refractivity contribution in [2.45, 2.75) is 52.9 Å². The van der Waals surface area contributed by atoms with Crippen LogP contribution in [0.1, 0.15) is 52.9 Å². The molecule has 2 N–H and O–H groups in total. The van der Waals surface area contributed by atoms with Gasteiger partial charge in [0.25, 0.3) is 0 Å². The van der Waals surface area contributed by atoms with Gasteiger partial charge in [-0.25, -0.2) is 0 Å². The van der Waals surface area contributed by atoms with E-state index in [9.17, 15) is 9.59 Å². The number of hydrogen-bond acceptors (Lipinski definition) is 6. The summed E-state index contributed by atoms with van der Waals surface area (Å²) in [6, 6.07) is 0. The average molecular weight is 419 g/mol. The molecule has 29 heavy (non-hydrogen) atoms. The van der Waals surface area contributed by atoms with Gasteiger partial charge < -0.3 is 29.6 Å². The van der Waals surface area contributed by atoms with Crippen LogP contribution in [0.5, 0.6) is 0 Å². The van der Waals surface area contributed by atoms with Crippen LogP contribution >= 0.6 is 0 Å². The highest BCUT2D eigenvalue weighted by atomic mass is 16.6. The first-order valence-corrected chi connectivity index (χ1v) is 10.9. The highest BCUT2D eigenvalue weighted by Crippen LogP contribution is 2.02. The number of unbranched alkanes of at least 4 members (excludes halogenated alkanes) is 1. The summed E-state index contributed by atoms with van der Waals surface area (Å²) < 4.78 is 21.6. The Hall–Kier alpha value is -1.22. The number of carbonyl (C=O) groups is 2. The van der Waals surface area contributed by atoms with E-state index in [1.807, 2.05) is 0 Å². The van der Waals surface area contributed by atoms with Gasteiger partial charge in [-0.2, -0.15) is 0 Å². The predicted molar refractivity (Wildman–Crippen MR) is 113 cm³/mol. The fraction of sp³-hybridized carbons (Fsp3) is 0.905. The Bertz CT molecular complexity index is 393. The maximum Gasteiger partial charge on any atom is 0.222 e. The van der Waals surface area contributed by atoms with E-state index in [2.05, 4.69) is 31.4 Å². The monoisotopic (exact) mass is 418 g/mol. The molecule has 0 spiro atoms. The van der Waals surface area contributed by atoms with Gasteiger partial charge in [0.2, 0.25) is 11.8 Å². The maximum atomic E-state index is 11.5. The van der Waals surface area contributed by atoms with Gasteiger partial charge in [-0.15, -0.1) is 0 Å². The molecule has 0 heterocycles. The molecule has 0 aromatic carbocycles. The Morgan fingerprint density at radius 1 is 0.690 bits per heavy atom. The minimum absolute atomic E-state index is 0.0310. The number of rotatable bonds is 21. The van der Waals surface area contributed by atoms with Crippen LogP contribution in [0.4, 0.5) is 0 Å². The molecular weight excluding hydrogens is 376 g/mol. The zero-order chi connectivity index (χ0) is 21.6. The molecule has 0 rings (SSSR count). The molecule has 0 saturated carbocycles. The molecule has 0 bridgehead atoms. The van der Waals surface area contributed by atoms with Gasteiger partial charge in [0.1, 0.15) is 0 Å². The minimum atomic E-state index is 0.0310. The number of amides is 2. The molecule has 2 amide bonds. The summed E-state index contributed by atoms with van der Waals surface area (Å²) >= 11 is 0. The van der Waals surface area contributed by atoms with Crippen molar-refractivity contribution >= 4 is 11.8 Å². The van der Waals surface area contributed by atoms with Gasteiger partial charge >= 0.3 is 0 Å². The van der Waals surface area contributed by atoms with Crippen LogP contribution in [0, 0.1) is 5.92 Å². The molecule has 172 valence electrons. The molecule has 0 unspecified atom stereocenters. The summed E-state index contributed by atoms with van der Waals surface area (Å²) in [7, 11) is 0. The van der Waals surface area contributed by atoms with Crippen LogP contribution < -0.4 is 10.6 Å². The van der Waals surface area contributed by atoms with Crippen molar-refractivity contribution in [2.24, 2.45) is 5.92 Å². The van der Waals surface area contributed by atoms with Crippen LogP contribution in [0.2, 0.25) is 0 Å². The van der Waals surface area contributed by atoms with Gasteiger partial charge in [0, 0.05) is 25.9 Å². The summed E-state index contributed by atoms with van der Waals surface area (Å²) in [5, 5.41) is 5.68. The van der Waals surface area contributed by atoms with E-state index >= 15 is 0 Å². The molecule has 0 aliphatic carbocycles. The summed E-state index contributed by atoms with van der Waals surface area (Å²) in [5.41, 5.74) is 0. The van der Waals surface area contributed by atoms with Crippen molar-refractivity contribution in [1.82, 2.24) is 10.6 Å². The van der Waals surface area contributed by atoms with Crippen LogP contribution in [0.3, 0.4) is 0 Å². The summed E-state index contributed by atoms with van der Waals surface area (Å²) in [4.78, 5) is 23.0. The molecule has 8 nitrogen and oxygen atoms in total. The number of hydrogen-bond donors (Lipinski definition) is 2. The normalized spacial score (nSPS) is 11.0. The first-order chi connectivity index (χ1) is 14.1. The largest absolute Gasteiger partial charge is 0.379 e. The average Bonchev–Trinajstić information content (AvgIpc) is 2.69. The summed E-state index contributed by atoms with van der Waals surface area (Å²) in [6.45, 7) is 11.4. The zero-order valence-corrected chi connectivity index (χ0v) is 18.6. The van der Waals surface area contributed by atoms with E-state index in [0.717, 1.165) is 25.8 Å². The first-order valence-electron chi connectivity index (χ1n) is 10.9. The van der Waals surface area contributed by atoms with E-state index in [1.165, 1.54) is 0 Å². The van der Waals surface area contributed by atoms with E-state index in [1.54, 1.807) is 0 Å². The van der Waals surface area contributed by atoms with Gasteiger partial charge in [0.05, 0.1) is 52.9 Å². The Morgan fingerprint density at radius 3 is 1.72 bits per heavy atom. The highest BCUT2D eigenvalue weighted by Gasteiger charge is 2.02. The Morgan fingerprint density at radius 2 is 1.17 bits per heavy atom. The van der Waals surface area contributed by atoms with Gasteiger partial charge in [-0.1, -0.05) is 27.2 Å². The quantitative estimate of drug-likeness (QED) is 0.277. The second kappa shape index (κ2) is 21.5. The van der Waals surface area contributed by atoms with Crippen molar-refractivity contribution in [3.8, 4) is 0 Å². The van der Waals surface area contributed by atoms with Crippen LogP contribution in [0.25, 0.3) is 0 Å². The maximum absolute atomic E-state index is 11.5. The molecule has 0 saturated heterocycles. The molecule has 0 fully saturated rings. The second-order valence-corrected chi connectivity index (χ2v) is 7.19. The van der Waals surface area contributed by atoms with E-state index in [4.69, 9.17) is 18.9 Å². The topological polar surface area (TPSA) is 95.1 Å². The Kier molecular flexibility index (Phi) is 20.6. The van der Waals surface area contributed by atoms with Crippen molar-refractivity contribution in [3.63, 3.8) is 0 Å². The summed E-state index contributed by atoms with van der Waals surface area (Å²) in [5.74, 6) is 0.650. The minimum Gasteiger partial charge on any atom is -0.379 e. The zero-order valence-electron chi connectivity index (χ0n) is 18.6. The fourth-order valence-corrected chi connectivity index (χ4v) is 2.19. The van der Waals surface area contributed by atoms with Gasteiger partial charge in [0.15, 0.2) is 0 Å². The molecule has 0 aromatic heterocycles.